The van der Waals surface area contributed by atoms with Gasteiger partial charge in [-0.25, -0.2) is 4.79 Å². The molecule has 0 bridgehead atoms. The summed E-state index contributed by atoms with van der Waals surface area (Å²) in [7, 11) is 0. The number of carbonyl (C=O) groups excluding carboxylic acids is 2. The average molecular weight is 380 g/mol. The Morgan fingerprint density at radius 2 is 1.96 bits per heavy atom. The highest BCUT2D eigenvalue weighted by Crippen LogP contribution is 2.35. The summed E-state index contributed by atoms with van der Waals surface area (Å²) in [6.07, 6.45) is 1.00. The van der Waals surface area contributed by atoms with Gasteiger partial charge in [0, 0.05) is 12.2 Å². The van der Waals surface area contributed by atoms with Crippen LogP contribution in [0.1, 0.15) is 29.3 Å². The number of carbonyl (C=O) groups is 3. The Bertz CT molecular complexity index is 971. The summed E-state index contributed by atoms with van der Waals surface area (Å²) in [5, 5.41) is 9.18. The van der Waals surface area contributed by atoms with Gasteiger partial charge in [-0.1, -0.05) is 18.2 Å². The van der Waals surface area contributed by atoms with Gasteiger partial charge in [0.1, 0.15) is 12.3 Å². The summed E-state index contributed by atoms with van der Waals surface area (Å²) in [6, 6.07) is 12.1. The molecule has 2 amide bonds. The molecule has 0 radical (unpaired) electrons. The van der Waals surface area contributed by atoms with Gasteiger partial charge in [-0.15, -0.1) is 0 Å². The molecule has 2 aromatic carbocycles. The molecule has 0 saturated heterocycles. The van der Waals surface area contributed by atoms with Crippen molar-refractivity contribution in [3.63, 3.8) is 0 Å². The molecule has 0 spiro atoms. The van der Waals surface area contributed by atoms with E-state index in [0.717, 1.165) is 24.1 Å². The minimum absolute atomic E-state index is 0.0662. The summed E-state index contributed by atoms with van der Waals surface area (Å²) >= 11 is 0. The number of amides is 2. The van der Waals surface area contributed by atoms with Crippen LogP contribution in [0.15, 0.2) is 42.5 Å². The van der Waals surface area contributed by atoms with E-state index in [4.69, 9.17) is 4.74 Å². The zero-order valence-corrected chi connectivity index (χ0v) is 15.4. The van der Waals surface area contributed by atoms with Crippen molar-refractivity contribution in [1.29, 1.82) is 0 Å². The van der Waals surface area contributed by atoms with E-state index < -0.39 is 12.1 Å². The quantitative estimate of drug-likeness (QED) is 0.884. The first-order valence-corrected chi connectivity index (χ1v) is 9.19. The van der Waals surface area contributed by atoms with E-state index in [1.807, 2.05) is 24.3 Å². The smallest absolute Gasteiger partial charge is 0.335 e. The number of fused-ring (bicyclic) bond motifs is 2. The van der Waals surface area contributed by atoms with Crippen LogP contribution in [0.5, 0.6) is 5.75 Å². The number of ether oxygens (including phenoxy) is 1. The predicted molar refractivity (Wildman–Crippen MR) is 103 cm³/mol. The second-order valence-electron chi connectivity index (χ2n) is 6.95. The molecular formula is C21H20N2O5. The van der Waals surface area contributed by atoms with E-state index >= 15 is 0 Å². The number of carboxylic acids is 1. The van der Waals surface area contributed by atoms with Crippen molar-refractivity contribution in [2.45, 2.75) is 25.9 Å². The summed E-state index contributed by atoms with van der Waals surface area (Å²) in [4.78, 5) is 40.1. The van der Waals surface area contributed by atoms with Gasteiger partial charge < -0.3 is 14.7 Å². The van der Waals surface area contributed by atoms with Crippen molar-refractivity contribution in [3.05, 3.63) is 53.6 Å². The fourth-order valence-electron chi connectivity index (χ4n) is 3.72. The fourth-order valence-corrected chi connectivity index (χ4v) is 3.72. The van der Waals surface area contributed by atoms with Gasteiger partial charge in [0.15, 0.2) is 6.10 Å². The molecular weight excluding hydrogens is 360 g/mol. The number of hydrogen-bond acceptors (Lipinski definition) is 4. The zero-order valence-electron chi connectivity index (χ0n) is 15.4. The number of anilines is 2. The molecule has 0 aliphatic carbocycles. The maximum Gasteiger partial charge on any atom is 0.335 e. The molecule has 2 aliphatic rings. The highest BCUT2D eigenvalue weighted by Gasteiger charge is 2.35. The molecule has 28 heavy (non-hydrogen) atoms. The Hall–Kier alpha value is -3.35. The number of benzene rings is 2. The number of para-hydroxylation sites is 1. The fraction of sp³-hybridized carbons (Fsp3) is 0.286. The van der Waals surface area contributed by atoms with Gasteiger partial charge in [-0.2, -0.15) is 0 Å². The molecule has 0 saturated carbocycles. The molecule has 7 heteroatoms. The van der Waals surface area contributed by atoms with E-state index in [0.29, 0.717) is 18.0 Å². The molecule has 2 aromatic rings. The molecule has 0 aromatic heterocycles. The van der Waals surface area contributed by atoms with E-state index in [2.05, 4.69) is 0 Å². The maximum atomic E-state index is 13.1. The molecule has 144 valence electrons. The van der Waals surface area contributed by atoms with Crippen LogP contribution in [-0.4, -0.2) is 42.1 Å². The number of nitrogens with zero attached hydrogens (tertiary/aromatic N) is 2. The van der Waals surface area contributed by atoms with Crippen molar-refractivity contribution >= 4 is 29.2 Å². The standard InChI is InChI=1S/C21H20N2O5/c1-13-20(25)23(17-9-8-15(21(26)27)11-18(17)28-13)12-19(24)22-10-4-6-14-5-2-3-7-16(14)22/h2-3,5,7-9,11,13H,4,6,10,12H2,1H3,(H,26,27). The van der Waals surface area contributed by atoms with Crippen LogP contribution in [0.2, 0.25) is 0 Å². The SMILES string of the molecule is CC1Oc2cc(C(=O)O)ccc2N(CC(=O)N2CCCc3ccccc32)C1=O. The second kappa shape index (κ2) is 6.99. The van der Waals surface area contributed by atoms with Crippen molar-refractivity contribution in [2.75, 3.05) is 22.9 Å². The van der Waals surface area contributed by atoms with E-state index in [1.54, 1.807) is 11.8 Å². The van der Waals surface area contributed by atoms with Gasteiger partial charge in [-0.05, 0) is 49.6 Å². The van der Waals surface area contributed by atoms with Gasteiger partial charge in [-0.3, -0.25) is 14.5 Å². The Kier molecular flexibility index (Phi) is 4.50. The lowest BCUT2D eigenvalue weighted by Crippen LogP contribution is -2.50. The molecule has 7 nitrogen and oxygen atoms in total. The lowest BCUT2D eigenvalue weighted by molar-refractivity contribution is -0.127. The zero-order chi connectivity index (χ0) is 19.8. The van der Waals surface area contributed by atoms with Gasteiger partial charge in [0.05, 0.1) is 11.3 Å². The molecule has 1 atom stereocenters. The molecule has 1 unspecified atom stereocenters. The van der Waals surface area contributed by atoms with Crippen molar-refractivity contribution in [1.82, 2.24) is 0 Å². The topological polar surface area (TPSA) is 87.2 Å². The third-order valence-corrected chi connectivity index (χ3v) is 5.12. The molecule has 1 N–H and O–H groups in total. The Morgan fingerprint density at radius 3 is 2.75 bits per heavy atom. The number of aryl methyl sites for hydroxylation is 1. The number of hydrogen-bond donors (Lipinski definition) is 1. The Labute approximate surface area is 162 Å². The summed E-state index contributed by atoms with van der Waals surface area (Å²) < 4.78 is 5.57. The highest BCUT2D eigenvalue weighted by atomic mass is 16.5. The average Bonchev–Trinajstić information content (AvgIpc) is 2.70. The van der Waals surface area contributed by atoms with Crippen LogP contribution in [-0.2, 0) is 16.0 Å². The van der Waals surface area contributed by atoms with Gasteiger partial charge >= 0.3 is 5.97 Å². The maximum absolute atomic E-state index is 13.1. The third-order valence-electron chi connectivity index (χ3n) is 5.12. The minimum Gasteiger partial charge on any atom is -0.479 e. The molecule has 0 fully saturated rings. The van der Waals surface area contributed by atoms with E-state index in [-0.39, 0.29) is 23.9 Å². The van der Waals surface area contributed by atoms with E-state index in [1.165, 1.54) is 23.1 Å². The highest BCUT2D eigenvalue weighted by molar-refractivity contribution is 6.07. The van der Waals surface area contributed by atoms with Crippen molar-refractivity contribution in [3.8, 4) is 5.75 Å². The van der Waals surface area contributed by atoms with Gasteiger partial charge in [0.25, 0.3) is 5.91 Å². The predicted octanol–water partition coefficient (Wildman–Crippen LogP) is 2.48. The van der Waals surface area contributed by atoms with Crippen LogP contribution >= 0.6 is 0 Å². The number of rotatable bonds is 3. The van der Waals surface area contributed by atoms with Crippen LogP contribution in [0.4, 0.5) is 11.4 Å². The summed E-state index contributed by atoms with van der Waals surface area (Å²) in [5.74, 6) is -1.29. The minimum atomic E-state index is -1.08. The molecule has 2 aliphatic heterocycles. The first-order valence-electron chi connectivity index (χ1n) is 9.19. The first kappa shape index (κ1) is 18.0. The Balaban J connectivity index is 1.64. The first-order chi connectivity index (χ1) is 13.5. The van der Waals surface area contributed by atoms with Crippen LogP contribution < -0.4 is 14.5 Å². The second-order valence-corrected chi connectivity index (χ2v) is 6.95. The summed E-state index contributed by atoms with van der Waals surface area (Å²) in [6.45, 7) is 2.07. The van der Waals surface area contributed by atoms with Crippen LogP contribution in [0.25, 0.3) is 0 Å². The number of carboxylic acid groups (broad SMARTS) is 1. The normalized spacial score (nSPS) is 18.2. The van der Waals surface area contributed by atoms with Crippen molar-refractivity contribution < 1.29 is 24.2 Å². The lowest BCUT2D eigenvalue weighted by atomic mass is 10.0. The monoisotopic (exact) mass is 380 g/mol. The van der Waals surface area contributed by atoms with Crippen LogP contribution in [0.3, 0.4) is 0 Å². The van der Waals surface area contributed by atoms with Crippen LogP contribution in [0, 0.1) is 0 Å². The molecule has 4 rings (SSSR count). The summed E-state index contributed by atoms with van der Waals surface area (Å²) in [5.41, 5.74) is 2.48. The van der Waals surface area contributed by atoms with E-state index in [9.17, 15) is 19.5 Å². The third kappa shape index (κ3) is 3.09. The number of aromatic carboxylic acids is 1. The van der Waals surface area contributed by atoms with Gasteiger partial charge in [0.2, 0.25) is 5.91 Å². The largest absolute Gasteiger partial charge is 0.479 e. The molecule has 2 heterocycles. The van der Waals surface area contributed by atoms with Crippen molar-refractivity contribution in [2.24, 2.45) is 0 Å². The lowest BCUT2D eigenvalue weighted by Gasteiger charge is -2.35. The Morgan fingerprint density at radius 1 is 1.18 bits per heavy atom.